The van der Waals surface area contributed by atoms with Crippen LogP contribution in [0.3, 0.4) is 0 Å². The van der Waals surface area contributed by atoms with E-state index in [1.54, 1.807) is 0 Å². The van der Waals surface area contributed by atoms with Crippen LogP contribution in [0.4, 0.5) is 0 Å². The quantitative estimate of drug-likeness (QED) is 0.772. The Morgan fingerprint density at radius 3 is 2.27 bits per heavy atom. The molecule has 2 fully saturated rings. The van der Waals surface area contributed by atoms with Gasteiger partial charge in [-0.15, -0.1) is 0 Å². The van der Waals surface area contributed by atoms with Gasteiger partial charge in [0.15, 0.2) is 0 Å². The van der Waals surface area contributed by atoms with Crippen LogP contribution in [-0.2, 0) is 0 Å². The molecule has 0 atom stereocenters. The van der Waals surface area contributed by atoms with Crippen molar-refractivity contribution in [2.45, 2.75) is 57.4 Å². The van der Waals surface area contributed by atoms with E-state index in [1.807, 2.05) is 0 Å². The maximum atomic E-state index is 5.56. The molecule has 0 spiro atoms. The molecular weight excluding hydrogens is 184 g/mol. The van der Waals surface area contributed by atoms with Crippen LogP contribution in [0, 0.1) is 5.92 Å². The van der Waals surface area contributed by atoms with Crippen molar-refractivity contribution < 1.29 is 0 Å². The second-order valence-electron chi connectivity index (χ2n) is 5.35. The van der Waals surface area contributed by atoms with Gasteiger partial charge in [0.1, 0.15) is 0 Å². The molecule has 2 rings (SSSR count). The number of hydrogen-bond acceptors (Lipinski definition) is 2. The lowest BCUT2D eigenvalue weighted by Crippen LogP contribution is -2.40. The normalized spacial score (nSPS) is 26.2. The van der Waals surface area contributed by atoms with E-state index in [0.717, 1.165) is 18.5 Å². The molecule has 2 heteroatoms. The molecule has 0 bridgehead atoms. The summed E-state index contributed by atoms with van der Waals surface area (Å²) in [6.45, 7) is 3.60. The van der Waals surface area contributed by atoms with E-state index in [9.17, 15) is 0 Å². The van der Waals surface area contributed by atoms with Gasteiger partial charge in [-0.05, 0) is 64.1 Å². The lowest BCUT2D eigenvalue weighted by Gasteiger charge is -2.36. The van der Waals surface area contributed by atoms with Gasteiger partial charge in [-0.3, -0.25) is 0 Å². The lowest BCUT2D eigenvalue weighted by atomic mass is 9.91. The van der Waals surface area contributed by atoms with Gasteiger partial charge in [0.25, 0.3) is 0 Å². The average Bonchev–Trinajstić information content (AvgIpc) is 2.80. The zero-order chi connectivity index (χ0) is 10.5. The molecule has 0 amide bonds. The smallest absolute Gasteiger partial charge is 0.00952 e. The van der Waals surface area contributed by atoms with Crippen molar-refractivity contribution in [3.63, 3.8) is 0 Å². The van der Waals surface area contributed by atoms with Gasteiger partial charge in [0.2, 0.25) is 0 Å². The number of likely N-dealkylation sites (tertiary alicyclic amines) is 1. The molecule has 0 aromatic heterocycles. The van der Waals surface area contributed by atoms with Gasteiger partial charge >= 0.3 is 0 Å². The monoisotopic (exact) mass is 210 g/mol. The minimum atomic E-state index is 0.878. The van der Waals surface area contributed by atoms with Gasteiger partial charge in [-0.2, -0.15) is 0 Å². The Balaban J connectivity index is 1.67. The average molecular weight is 210 g/mol. The highest BCUT2D eigenvalue weighted by Crippen LogP contribution is 2.29. The van der Waals surface area contributed by atoms with Crippen LogP contribution >= 0.6 is 0 Å². The van der Waals surface area contributed by atoms with Gasteiger partial charge < -0.3 is 10.6 Å². The van der Waals surface area contributed by atoms with Crippen LogP contribution in [0.5, 0.6) is 0 Å². The predicted octanol–water partition coefficient (Wildman–Crippen LogP) is 2.38. The van der Waals surface area contributed by atoms with Crippen LogP contribution in [0.25, 0.3) is 0 Å². The summed E-state index contributed by atoms with van der Waals surface area (Å²) in [6, 6.07) is 0.945. The molecule has 88 valence electrons. The Hall–Kier alpha value is -0.0800. The van der Waals surface area contributed by atoms with E-state index in [2.05, 4.69) is 4.90 Å². The van der Waals surface area contributed by atoms with Crippen molar-refractivity contribution in [2.24, 2.45) is 11.7 Å². The fourth-order valence-electron chi connectivity index (χ4n) is 3.28. The number of hydrogen-bond donors (Lipinski definition) is 1. The standard InChI is InChI=1S/C13H26N2/c14-9-3-4-12-7-10-15(11-8-12)13-5-1-2-6-13/h12-13H,1-11,14H2. The number of nitrogens with zero attached hydrogens (tertiary/aromatic N) is 1. The first-order valence-electron chi connectivity index (χ1n) is 6.84. The molecule has 0 unspecified atom stereocenters. The van der Waals surface area contributed by atoms with E-state index in [-0.39, 0.29) is 0 Å². The summed E-state index contributed by atoms with van der Waals surface area (Å²) in [4.78, 5) is 2.76. The molecule has 0 radical (unpaired) electrons. The van der Waals surface area contributed by atoms with Crippen molar-refractivity contribution in [1.82, 2.24) is 4.90 Å². The van der Waals surface area contributed by atoms with E-state index in [1.165, 1.54) is 64.5 Å². The van der Waals surface area contributed by atoms with Crippen molar-refractivity contribution >= 4 is 0 Å². The molecule has 15 heavy (non-hydrogen) atoms. The second kappa shape index (κ2) is 5.86. The first-order chi connectivity index (χ1) is 7.40. The highest BCUT2D eigenvalue weighted by Gasteiger charge is 2.26. The predicted molar refractivity (Wildman–Crippen MR) is 64.8 cm³/mol. The van der Waals surface area contributed by atoms with Crippen molar-refractivity contribution in [1.29, 1.82) is 0 Å². The van der Waals surface area contributed by atoms with Gasteiger partial charge in [-0.1, -0.05) is 12.8 Å². The SMILES string of the molecule is NCCCC1CCN(C2CCCC2)CC1. The third kappa shape index (κ3) is 3.18. The van der Waals surface area contributed by atoms with Gasteiger partial charge in [0.05, 0.1) is 0 Å². The molecule has 1 saturated carbocycles. The molecule has 0 aromatic rings. The minimum Gasteiger partial charge on any atom is -0.330 e. The Labute approximate surface area is 94.2 Å². The molecule has 1 heterocycles. The van der Waals surface area contributed by atoms with Crippen molar-refractivity contribution in [3.8, 4) is 0 Å². The first-order valence-corrected chi connectivity index (χ1v) is 6.84. The highest BCUT2D eigenvalue weighted by atomic mass is 15.2. The molecule has 1 saturated heterocycles. The second-order valence-corrected chi connectivity index (χ2v) is 5.35. The summed E-state index contributed by atoms with van der Waals surface area (Å²) in [5.41, 5.74) is 5.56. The Kier molecular flexibility index (Phi) is 4.45. The lowest BCUT2D eigenvalue weighted by molar-refractivity contribution is 0.130. The minimum absolute atomic E-state index is 0.878. The van der Waals surface area contributed by atoms with Gasteiger partial charge in [0, 0.05) is 6.04 Å². The maximum absolute atomic E-state index is 5.56. The van der Waals surface area contributed by atoms with Gasteiger partial charge in [-0.25, -0.2) is 0 Å². The first kappa shape index (κ1) is 11.4. The third-order valence-electron chi connectivity index (χ3n) is 4.31. The number of rotatable bonds is 4. The number of piperidine rings is 1. The summed E-state index contributed by atoms with van der Waals surface area (Å²) in [7, 11) is 0. The zero-order valence-electron chi connectivity index (χ0n) is 9.96. The topological polar surface area (TPSA) is 29.3 Å². The van der Waals surface area contributed by atoms with Crippen LogP contribution in [0.1, 0.15) is 51.4 Å². The maximum Gasteiger partial charge on any atom is 0.00952 e. The van der Waals surface area contributed by atoms with Crippen LogP contribution in [-0.4, -0.2) is 30.6 Å². The van der Waals surface area contributed by atoms with Crippen molar-refractivity contribution in [3.05, 3.63) is 0 Å². The van der Waals surface area contributed by atoms with E-state index in [0.29, 0.717) is 0 Å². The molecule has 1 aliphatic carbocycles. The molecule has 2 aliphatic rings. The van der Waals surface area contributed by atoms with Crippen LogP contribution in [0.2, 0.25) is 0 Å². The van der Waals surface area contributed by atoms with Crippen LogP contribution in [0.15, 0.2) is 0 Å². The fraction of sp³-hybridized carbons (Fsp3) is 1.00. The Morgan fingerprint density at radius 1 is 1.00 bits per heavy atom. The summed E-state index contributed by atoms with van der Waals surface area (Å²) < 4.78 is 0. The van der Waals surface area contributed by atoms with E-state index < -0.39 is 0 Å². The van der Waals surface area contributed by atoms with Crippen molar-refractivity contribution in [2.75, 3.05) is 19.6 Å². The molecule has 1 aliphatic heterocycles. The summed E-state index contributed by atoms with van der Waals surface area (Å²) in [5, 5.41) is 0. The molecule has 2 N–H and O–H groups in total. The molecular formula is C13H26N2. The van der Waals surface area contributed by atoms with E-state index in [4.69, 9.17) is 5.73 Å². The molecule has 0 aromatic carbocycles. The highest BCUT2D eigenvalue weighted by molar-refractivity contribution is 4.81. The Morgan fingerprint density at radius 2 is 1.67 bits per heavy atom. The third-order valence-corrected chi connectivity index (χ3v) is 4.31. The summed E-state index contributed by atoms with van der Waals surface area (Å²) in [6.07, 6.45) is 11.3. The van der Waals surface area contributed by atoms with Crippen LogP contribution < -0.4 is 5.73 Å². The summed E-state index contributed by atoms with van der Waals surface area (Å²) >= 11 is 0. The summed E-state index contributed by atoms with van der Waals surface area (Å²) in [5.74, 6) is 0.978. The number of nitrogens with two attached hydrogens (primary N) is 1. The largest absolute Gasteiger partial charge is 0.330 e. The fourth-order valence-corrected chi connectivity index (χ4v) is 3.28. The molecule has 2 nitrogen and oxygen atoms in total. The Bertz CT molecular complexity index is 167. The van der Waals surface area contributed by atoms with E-state index >= 15 is 0 Å². The zero-order valence-corrected chi connectivity index (χ0v) is 9.96.